The van der Waals surface area contributed by atoms with E-state index in [4.69, 9.17) is 5.11 Å². The van der Waals surface area contributed by atoms with E-state index in [2.05, 4.69) is 10.6 Å². The van der Waals surface area contributed by atoms with Crippen LogP contribution in [0.4, 0.5) is 0 Å². The molecule has 1 atom stereocenters. The summed E-state index contributed by atoms with van der Waals surface area (Å²) in [5, 5.41) is 14.2. The third-order valence-corrected chi connectivity index (χ3v) is 3.84. The fourth-order valence-corrected chi connectivity index (χ4v) is 2.50. The SMILES string of the molecule is Cc1ccccc1C(=O)NC(CC(C)C)C(=O)NCCCCC(=O)O. The summed E-state index contributed by atoms with van der Waals surface area (Å²) in [5.41, 5.74) is 1.42. The van der Waals surface area contributed by atoms with Gasteiger partial charge in [0.25, 0.3) is 5.91 Å². The Bertz CT molecular complexity index is 599. The van der Waals surface area contributed by atoms with E-state index in [1.54, 1.807) is 12.1 Å². The number of carboxylic acid groups (broad SMARTS) is 1. The van der Waals surface area contributed by atoms with Gasteiger partial charge in [0.1, 0.15) is 6.04 Å². The average Bonchev–Trinajstić information content (AvgIpc) is 2.53. The van der Waals surface area contributed by atoms with Crippen molar-refractivity contribution >= 4 is 17.8 Å². The predicted molar refractivity (Wildman–Crippen MR) is 96.4 cm³/mol. The van der Waals surface area contributed by atoms with Crippen molar-refractivity contribution in [2.75, 3.05) is 6.54 Å². The van der Waals surface area contributed by atoms with Gasteiger partial charge in [-0.2, -0.15) is 0 Å². The smallest absolute Gasteiger partial charge is 0.303 e. The number of carbonyl (C=O) groups excluding carboxylic acids is 2. The number of aryl methyl sites for hydroxylation is 1. The fourth-order valence-electron chi connectivity index (χ4n) is 2.50. The molecule has 0 fully saturated rings. The Morgan fingerprint density at radius 1 is 1.12 bits per heavy atom. The summed E-state index contributed by atoms with van der Waals surface area (Å²) in [6.45, 7) is 6.25. The highest BCUT2D eigenvalue weighted by Crippen LogP contribution is 2.10. The van der Waals surface area contributed by atoms with Crippen LogP contribution in [0.1, 0.15) is 55.5 Å². The molecule has 1 rings (SSSR count). The second kappa shape index (κ2) is 10.5. The molecule has 0 spiro atoms. The largest absolute Gasteiger partial charge is 0.481 e. The summed E-state index contributed by atoms with van der Waals surface area (Å²) in [4.78, 5) is 35.3. The highest BCUT2D eigenvalue weighted by Gasteiger charge is 2.22. The lowest BCUT2D eigenvalue weighted by Crippen LogP contribution is -2.47. The van der Waals surface area contributed by atoms with Crippen molar-refractivity contribution in [3.8, 4) is 0 Å². The van der Waals surface area contributed by atoms with Crippen molar-refractivity contribution in [2.45, 2.75) is 52.5 Å². The van der Waals surface area contributed by atoms with Crippen molar-refractivity contribution in [1.29, 1.82) is 0 Å². The van der Waals surface area contributed by atoms with Crippen LogP contribution in [0, 0.1) is 12.8 Å². The Hall–Kier alpha value is -2.37. The van der Waals surface area contributed by atoms with Crippen molar-refractivity contribution in [1.82, 2.24) is 10.6 Å². The molecule has 6 nitrogen and oxygen atoms in total. The van der Waals surface area contributed by atoms with Crippen LogP contribution in [-0.2, 0) is 9.59 Å². The van der Waals surface area contributed by atoms with Crippen LogP contribution in [0.25, 0.3) is 0 Å². The molecule has 2 amide bonds. The molecule has 0 bridgehead atoms. The van der Waals surface area contributed by atoms with E-state index in [9.17, 15) is 14.4 Å². The number of hydrogen-bond acceptors (Lipinski definition) is 3. The van der Waals surface area contributed by atoms with Crippen LogP contribution in [-0.4, -0.2) is 35.5 Å². The topological polar surface area (TPSA) is 95.5 Å². The van der Waals surface area contributed by atoms with Crippen LogP contribution >= 0.6 is 0 Å². The lowest BCUT2D eigenvalue weighted by atomic mass is 10.0. The third kappa shape index (κ3) is 7.83. The summed E-state index contributed by atoms with van der Waals surface area (Å²) >= 11 is 0. The molecule has 0 heterocycles. The van der Waals surface area contributed by atoms with E-state index in [1.165, 1.54) is 0 Å². The zero-order valence-electron chi connectivity index (χ0n) is 15.2. The van der Waals surface area contributed by atoms with Crippen molar-refractivity contribution in [2.24, 2.45) is 5.92 Å². The van der Waals surface area contributed by atoms with Gasteiger partial charge >= 0.3 is 5.97 Å². The van der Waals surface area contributed by atoms with E-state index >= 15 is 0 Å². The number of aliphatic carboxylic acids is 1. The lowest BCUT2D eigenvalue weighted by molar-refractivity contribution is -0.137. The number of benzene rings is 1. The van der Waals surface area contributed by atoms with Crippen molar-refractivity contribution < 1.29 is 19.5 Å². The maximum atomic E-state index is 12.5. The minimum absolute atomic E-state index is 0.0926. The van der Waals surface area contributed by atoms with E-state index < -0.39 is 12.0 Å². The number of hydrogen-bond donors (Lipinski definition) is 3. The maximum absolute atomic E-state index is 12.5. The zero-order valence-corrected chi connectivity index (χ0v) is 15.2. The molecule has 1 unspecified atom stereocenters. The van der Waals surface area contributed by atoms with Gasteiger partial charge in [0, 0.05) is 18.5 Å². The molecule has 138 valence electrons. The average molecular weight is 348 g/mol. The van der Waals surface area contributed by atoms with Gasteiger partial charge in [-0.25, -0.2) is 0 Å². The highest BCUT2D eigenvalue weighted by molar-refractivity contribution is 5.98. The molecule has 3 N–H and O–H groups in total. The Morgan fingerprint density at radius 3 is 2.40 bits per heavy atom. The van der Waals surface area contributed by atoms with E-state index in [0.29, 0.717) is 31.4 Å². The normalized spacial score (nSPS) is 11.8. The number of nitrogens with one attached hydrogen (secondary N) is 2. The summed E-state index contributed by atoms with van der Waals surface area (Å²) in [6, 6.07) is 6.64. The summed E-state index contributed by atoms with van der Waals surface area (Å²) in [6.07, 6.45) is 1.74. The molecule has 1 aromatic rings. The Morgan fingerprint density at radius 2 is 1.80 bits per heavy atom. The molecule has 25 heavy (non-hydrogen) atoms. The maximum Gasteiger partial charge on any atom is 0.303 e. The number of amides is 2. The van der Waals surface area contributed by atoms with Gasteiger partial charge in [-0.3, -0.25) is 14.4 Å². The first-order valence-corrected chi connectivity index (χ1v) is 8.67. The van der Waals surface area contributed by atoms with Gasteiger partial charge in [-0.05, 0) is 43.7 Å². The van der Waals surface area contributed by atoms with Crippen LogP contribution < -0.4 is 10.6 Å². The van der Waals surface area contributed by atoms with E-state index in [-0.39, 0.29) is 24.2 Å². The van der Waals surface area contributed by atoms with Crippen LogP contribution in [0.15, 0.2) is 24.3 Å². The first-order chi connectivity index (χ1) is 11.8. The number of unbranched alkanes of at least 4 members (excludes halogenated alkanes) is 1. The van der Waals surface area contributed by atoms with E-state index in [1.807, 2.05) is 32.9 Å². The molecule has 0 aromatic heterocycles. The van der Waals surface area contributed by atoms with Crippen molar-refractivity contribution in [3.05, 3.63) is 35.4 Å². The predicted octanol–water partition coefficient (Wildman–Crippen LogP) is 2.51. The monoisotopic (exact) mass is 348 g/mol. The standard InChI is InChI=1S/C19H28N2O4/c1-13(2)12-16(19(25)20-11-7-6-10-17(22)23)21-18(24)15-9-5-4-8-14(15)3/h4-5,8-9,13,16H,6-7,10-12H2,1-3H3,(H,20,25)(H,21,24)(H,22,23). The first-order valence-electron chi connectivity index (χ1n) is 8.67. The number of carbonyl (C=O) groups is 3. The minimum atomic E-state index is -0.838. The molecule has 0 aliphatic rings. The molecule has 1 aromatic carbocycles. The van der Waals surface area contributed by atoms with Gasteiger partial charge in [-0.1, -0.05) is 32.0 Å². The molecule has 0 radical (unpaired) electrons. The molecular formula is C19H28N2O4. The molecular weight excluding hydrogens is 320 g/mol. The van der Waals surface area contributed by atoms with Gasteiger partial charge in [-0.15, -0.1) is 0 Å². The quantitative estimate of drug-likeness (QED) is 0.566. The van der Waals surface area contributed by atoms with Gasteiger partial charge in [0.15, 0.2) is 0 Å². The number of carboxylic acids is 1. The van der Waals surface area contributed by atoms with E-state index in [0.717, 1.165) is 5.56 Å². The second-order valence-electron chi connectivity index (χ2n) is 6.61. The molecule has 0 saturated heterocycles. The Kier molecular flexibility index (Phi) is 8.67. The van der Waals surface area contributed by atoms with Gasteiger partial charge < -0.3 is 15.7 Å². The molecule has 0 aliphatic heterocycles. The molecule has 6 heteroatoms. The zero-order chi connectivity index (χ0) is 18.8. The minimum Gasteiger partial charge on any atom is -0.481 e. The first kappa shape index (κ1) is 20.7. The Labute approximate surface area is 149 Å². The van der Waals surface area contributed by atoms with Crippen molar-refractivity contribution in [3.63, 3.8) is 0 Å². The summed E-state index contributed by atoms with van der Waals surface area (Å²) in [7, 11) is 0. The van der Waals surface area contributed by atoms with Gasteiger partial charge in [0.05, 0.1) is 0 Å². The van der Waals surface area contributed by atoms with Crippen LogP contribution in [0.2, 0.25) is 0 Å². The fraction of sp³-hybridized carbons (Fsp3) is 0.526. The second-order valence-corrected chi connectivity index (χ2v) is 6.61. The Balaban J connectivity index is 2.61. The molecule has 0 aliphatic carbocycles. The van der Waals surface area contributed by atoms with Crippen LogP contribution in [0.5, 0.6) is 0 Å². The highest BCUT2D eigenvalue weighted by atomic mass is 16.4. The lowest BCUT2D eigenvalue weighted by Gasteiger charge is -2.20. The third-order valence-electron chi connectivity index (χ3n) is 3.84. The summed E-state index contributed by atoms with van der Waals surface area (Å²) in [5.74, 6) is -1.08. The summed E-state index contributed by atoms with van der Waals surface area (Å²) < 4.78 is 0. The van der Waals surface area contributed by atoms with Crippen LogP contribution in [0.3, 0.4) is 0 Å². The van der Waals surface area contributed by atoms with Gasteiger partial charge in [0.2, 0.25) is 5.91 Å². The number of rotatable bonds is 10. The molecule has 0 saturated carbocycles.